The van der Waals surface area contributed by atoms with E-state index in [0.717, 1.165) is 15.6 Å². The summed E-state index contributed by atoms with van der Waals surface area (Å²) in [5.74, 6) is 0.390. The number of furan rings is 1. The zero-order valence-corrected chi connectivity index (χ0v) is 14.8. The SMILES string of the molecule is O=C(Cc1ccccc1)N/N=C\c1ccc(Sc2ccc(Cl)cc2)o1. The van der Waals surface area contributed by atoms with Crippen LogP contribution in [0.3, 0.4) is 0 Å². The van der Waals surface area contributed by atoms with Crippen molar-refractivity contribution in [3.05, 3.63) is 83.1 Å². The van der Waals surface area contributed by atoms with Gasteiger partial charge in [0.2, 0.25) is 5.91 Å². The van der Waals surface area contributed by atoms with Gasteiger partial charge in [0.1, 0.15) is 5.76 Å². The summed E-state index contributed by atoms with van der Waals surface area (Å²) in [6, 6.07) is 20.7. The molecule has 4 nitrogen and oxygen atoms in total. The Bertz CT molecular complexity index is 861. The molecule has 1 aromatic heterocycles. The Balaban J connectivity index is 1.51. The molecule has 1 heterocycles. The quantitative estimate of drug-likeness (QED) is 0.502. The molecule has 0 fully saturated rings. The van der Waals surface area contributed by atoms with Gasteiger partial charge in [0.25, 0.3) is 0 Å². The van der Waals surface area contributed by atoms with E-state index in [-0.39, 0.29) is 12.3 Å². The molecule has 2 aromatic carbocycles. The van der Waals surface area contributed by atoms with Gasteiger partial charge in [-0.25, -0.2) is 5.43 Å². The Morgan fingerprint density at radius 3 is 2.60 bits per heavy atom. The molecular formula is C19H15ClN2O2S. The molecule has 25 heavy (non-hydrogen) atoms. The number of hydrogen-bond acceptors (Lipinski definition) is 4. The van der Waals surface area contributed by atoms with Gasteiger partial charge in [0.15, 0.2) is 5.09 Å². The Morgan fingerprint density at radius 2 is 1.84 bits per heavy atom. The minimum atomic E-state index is -0.176. The predicted octanol–water partition coefficient (Wildman–Crippen LogP) is 4.78. The average molecular weight is 371 g/mol. The molecule has 1 N–H and O–H groups in total. The highest BCUT2D eigenvalue weighted by atomic mass is 35.5. The van der Waals surface area contributed by atoms with Crippen molar-refractivity contribution in [3.8, 4) is 0 Å². The lowest BCUT2D eigenvalue weighted by molar-refractivity contribution is -0.120. The van der Waals surface area contributed by atoms with Gasteiger partial charge in [0.05, 0.1) is 12.6 Å². The van der Waals surface area contributed by atoms with E-state index in [9.17, 15) is 4.79 Å². The molecule has 6 heteroatoms. The number of carbonyl (C=O) groups excluding carboxylic acids is 1. The van der Waals surface area contributed by atoms with E-state index in [1.165, 1.54) is 18.0 Å². The fourth-order valence-electron chi connectivity index (χ4n) is 2.07. The second kappa shape index (κ2) is 8.55. The van der Waals surface area contributed by atoms with Crippen molar-refractivity contribution < 1.29 is 9.21 Å². The normalized spacial score (nSPS) is 10.9. The molecule has 0 aliphatic heterocycles. The second-order valence-corrected chi connectivity index (χ2v) is 6.68. The Hall–Kier alpha value is -2.50. The maximum Gasteiger partial charge on any atom is 0.244 e. The third-order valence-corrected chi connectivity index (χ3v) is 4.40. The third kappa shape index (κ3) is 5.52. The summed E-state index contributed by atoms with van der Waals surface area (Å²) >= 11 is 7.35. The lowest BCUT2D eigenvalue weighted by atomic mass is 10.1. The van der Waals surface area contributed by atoms with Gasteiger partial charge < -0.3 is 4.42 Å². The molecule has 0 aliphatic carbocycles. The van der Waals surface area contributed by atoms with Crippen LogP contribution in [0.5, 0.6) is 0 Å². The van der Waals surface area contributed by atoms with Crippen LogP contribution in [0.2, 0.25) is 5.02 Å². The predicted molar refractivity (Wildman–Crippen MR) is 100 cm³/mol. The van der Waals surface area contributed by atoms with Crippen molar-refractivity contribution in [3.63, 3.8) is 0 Å². The summed E-state index contributed by atoms with van der Waals surface area (Å²) in [6.45, 7) is 0. The molecule has 126 valence electrons. The topological polar surface area (TPSA) is 54.6 Å². The lowest BCUT2D eigenvalue weighted by Gasteiger charge is -1.99. The summed E-state index contributed by atoms with van der Waals surface area (Å²) in [5, 5.41) is 5.36. The minimum absolute atomic E-state index is 0.176. The fraction of sp³-hybridized carbons (Fsp3) is 0.0526. The van der Waals surface area contributed by atoms with Gasteiger partial charge in [-0.05, 0) is 42.0 Å². The van der Waals surface area contributed by atoms with Crippen LogP contribution in [0, 0.1) is 0 Å². The maximum atomic E-state index is 11.8. The van der Waals surface area contributed by atoms with Crippen LogP contribution in [0.25, 0.3) is 0 Å². The van der Waals surface area contributed by atoms with Gasteiger partial charge in [-0.15, -0.1) is 0 Å². The molecule has 1 amide bonds. The molecule has 0 unspecified atom stereocenters. The highest BCUT2D eigenvalue weighted by Crippen LogP contribution is 2.29. The number of benzene rings is 2. The summed E-state index contributed by atoms with van der Waals surface area (Å²) in [4.78, 5) is 12.8. The fourth-order valence-corrected chi connectivity index (χ4v) is 2.97. The number of nitrogens with zero attached hydrogens (tertiary/aromatic N) is 1. The summed E-state index contributed by atoms with van der Waals surface area (Å²) in [7, 11) is 0. The first-order valence-corrected chi connectivity index (χ1v) is 8.77. The number of halogens is 1. The molecule has 0 spiro atoms. The molecule has 3 rings (SSSR count). The first-order valence-electron chi connectivity index (χ1n) is 7.58. The monoisotopic (exact) mass is 370 g/mol. The average Bonchev–Trinajstić information content (AvgIpc) is 3.05. The smallest absolute Gasteiger partial charge is 0.244 e. The van der Waals surface area contributed by atoms with E-state index in [2.05, 4.69) is 10.5 Å². The molecule has 0 atom stereocenters. The number of amides is 1. The van der Waals surface area contributed by atoms with Crippen LogP contribution in [-0.2, 0) is 11.2 Å². The van der Waals surface area contributed by atoms with Gasteiger partial charge in [0, 0.05) is 9.92 Å². The molecule has 0 saturated heterocycles. The molecular weight excluding hydrogens is 356 g/mol. The third-order valence-electron chi connectivity index (χ3n) is 3.22. The largest absolute Gasteiger partial charge is 0.448 e. The molecule has 3 aromatic rings. The molecule has 0 bridgehead atoms. The summed E-state index contributed by atoms with van der Waals surface area (Å²) in [6.07, 6.45) is 1.77. The van der Waals surface area contributed by atoms with Crippen LogP contribution in [0.4, 0.5) is 0 Å². The van der Waals surface area contributed by atoms with E-state index in [0.29, 0.717) is 10.8 Å². The Kier molecular flexibility index (Phi) is 5.93. The number of hydrazone groups is 1. The second-order valence-electron chi connectivity index (χ2n) is 5.17. The maximum absolute atomic E-state index is 11.8. The molecule has 0 radical (unpaired) electrons. The van der Waals surface area contributed by atoms with Gasteiger partial charge in [-0.2, -0.15) is 5.10 Å². The van der Waals surface area contributed by atoms with Gasteiger partial charge in [-0.1, -0.05) is 53.7 Å². The van der Waals surface area contributed by atoms with Crippen LogP contribution < -0.4 is 5.43 Å². The highest BCUT2D eigenvalue weighted by molar-refractivity contribution is 7.99. The first-order chi connectivity index (χ1) is 12.2. The number of hydrogen-bond donors (Lipinski definition) is 1. The van der Waals surface area contributed by atoms with Gasteiger partial charge in [-0.3, -0.25) is 4.79 Å². The standard InChI is InChI=1S/C19H15ClN2O2S/c20-15-6-9-17(10-7-15)25-19-11-8-16(24-19)13-21-22-18(23)12-14-4-2-1-3-5-14/h1-11,13H,12H2,(H,22,23)/b21-13-. The van der Waals surface area contributed by atoms with Crippen molar-refractivity contribution in [2.75, 3.05) is 0 Å². The van der Waals surface area contributed by atoms with E-state index in [1.807, 2.05) is 60.7 Å². The van der Waals surface area contributed by atoms with Crippen molar-refractivity contribution in [1.82, 2.24) is 5.43 Å². The Morgan fingerprint density at radius 1 is 1.08 bits per heavy atom. The Labute approximate surface area is 154 Å². The molecule has 0 saturated carbocycles. The zero-order chi connectivity index (χ0) is 17.5. The number of carbonyl (C=O) groups is 1. The van der Waals surface area contributed by atoms with Crippen molar-refractivity contribution in [2.45, 2.75) is 16.4 Å². The van der Waals surface area contributed by atoms with Crippen molar-refractivity contribution in [2.24, 2.45) is 5.10 Å². The van der Waals surface area contributed by atoms with E-state index in [4.69, 9.17) is 16.0 Å². The summed E-state index contributed by atoms with van der Waals surface area (Å²) in [5.41, 5.74) is 3.43. The number of rotatable bonds is 6. The van der Waals surface area contributed by atoms with Crippen molar-refractivity contribution >= 4 is 35.5 Å². The van der Waals surface area contributed by atoms with Crippen LogP contribution in [0.15, 0.2) is 86.2 Å². The number of nitrogens with one attached hydrogen (secondary N) is 1. The van der Waals surface area contributed by atoms with Crippen LogP contribution in [0.1, 0.15) is 11.3 Å². The highest BCUT2D eigenvalue weighted by Gasteiger charge is 2.04. The van der Waals surface area contributed by atoms with Crippen LogP contribution in [-0.4, -0.2) is 12.1 Å². The summed E-state index contributed by atoms with van der Waals surface area (Å²) < 4.78 is 5.65. The van der Waals surface area contributed by atoms with Crippen LogP contribution >= 0.6 is 23.4 Å². The first kappa shape index (κ1) is 17.3. The van der Waals surface area contributed by atoms with Gasteiger partial charge >= 0.3 is 0 Å². The lowest BCUT2D eigenvalue weighted by Crippen LogP contribution is -2.19. The van der Waals surface area contributed by atoms with Crippen molar-refractivity contribution in [1.29, 1.82) is 0 Å². The zero-order valence-electron chi connectivity index (χ0n) is 13.2. The molecule has 0 aliphatic rings. The van der Waals surface area contributed by atoms with E-state index in [1.54, 1.807) is 6.07 Å². The van der Waals surface area contributed by atoms with E-state index < -0.39 is 0 Å². The minimum Gasteiger partial charge on any atom is -0.448 e. The van der Waals surface area contributed by atoms with E-state index >= 15 is 0 Å².